The summed E-state index contributed by atoms with van der Waals surface area (Å²) in [6.45, 7) is 0. The monoisotopic (exact) mass is 225 g/mol. The molecule has 1 N–H and O–H groups in total. The Hall–Kier alpha value is -1.42. The van der Waals surface area contributed by atoms with Crippen molar-refractivity contribution in [3.8, 4) is 0 Å². The lowest BCUT2D eigenvalue weighted by Crippen LogP contribution is -2.26. The topological polar surface area (TPSA) is 46.5 Å². The summed E-state index contributed by atoms with van der Waals surface area (Å²) >= 11 is 0. The molecule has 0 unspecified atom stereocenters. The van der Waals surface area contributed by atoms with Crippen LogP contribution in [0.2, 0.25) is 0 Å². The largest absolute Gasteiger partial charge is 0.465 e. The number of ether oxygens (including phenoxy) is 1. The van der Waals surface area contributed by atoms with E-state index in [0.29, 0.717) is 18.4 Å². The van der Waals surface area contributed by atoms with Crippen LogP contribution in [0.25, 0.3) is 0 Å². The average molecular weight is 225 g/mol. The Morgan fingerprint density at radius 1 is 1.62 bits per heavy atom. The van der Waals surface area contributed by atoms with E-state index in [-0.39, 0.29) is 5.56 Å². The summed E-state index contributed by atoms with van der Waals surface area (Å²) in [4.78, 5) is 11.2. The normalized spacial score (nSPS) is 29.2. The zero-order valence-electron chi connectivity index (χ0n) is 9.87. The van der Waals surface area contributed by atoms with Crippen molar-refractivity contribution >= 4 is 5.97 Å². The van der Waals surface area contributed by atoms with E-state index in [9.17, 15) is 14.3 Å². The molecule has 0 atom stereocenters. The molecule has 1 aliphatic carbocycles. The van der Waals surface area contributed by atoms with E-state index in [1.165, 1.54) is 25.3 Å². The third kappa shape index (κ3) is 1.93. The third-order valence-electron chi connectivity index (χ3n) is 2.75. The molecule has 0 radical (unpaired) electrons. The van der Waals surface area contributed by atoms with Gasteiger partial charge in [-0.3, -0.25) is 0 Å². The Balaban J connectivity index is 2.28. The van der Waals surface area contributed by atoms with Crippen LogP contribution in [0.3, 0.4) is 0 Å². The first-order valence-corrected chi connectivity index (χ1v) is 5.03. The standard InChI is InChI=1S/C12H13FO3/c1-16-12(15)10-3-2-7(6-11(10)13)8-4-9(14)5-8/h2-3,6,8-9,14H,4-5H2,1H3/i8D. The summed E-state index contributed by atoms with van der Waals surface area (Å²) in [6.07, 6.45) is 0.101. The number of esters is 1. The molecule has 4 heteroatoms. The number of carbonyl (C=O) groups is 1. The smallest absolute Gasteiger partial charge is 0.340 e. The molecule has 16 heavy (non-hydrogen) atoms. The Bertz CT molecular complexity index is 455. The number of hydrogen-bond acceptors (Lipinski definition) is 3. The summed E-state index contributed by atoms with van der Waals surface area (Å²) in [5.41, 5.74) is 0.340. The van der Waals surface area contributed by atoms with Gasteiger partial charge in [0.1, 0.15) is 5.82 Å². The lowest BCUT2D eigenvalue weighted by atomic mass is 9.77. The van der Waals surface area contributed by atoms with Crippen LogP contribution < -0.4 is 0 Å². The van der Waals surface area contributed by atoms with Gasteiger partial charge < -0.3 is 9.84 Å². The van der Waals surface area contributed by atoms with Crippen molar-refractivity contribution in [2.45, 2.75) is 24.8 Å². The second kappa shape index (κ2) is 4.22. The van der Waals surface area contributed by atoms with Crippen molar-refractivity contribution in [1.29, 1.82) is 0 Å². The highest BCUT2D eigenvalue weighted by molar-refractivity contribution is 5.89. The summed E-state index contributed by atoms with van der Waals surface area (Å²) in [5.74, 6) is -2.36. The highest BCUT2D eigenvalue weighted by Gasteiger charge is 2.29. The molecule has 3 nitrogen and oxygen atoms in total. The first-order chi connectivity index (χ1) is 7.96. The molecule has 86 valence electrons. The van der Waals surface area contributed by atoms with E-state index < -0.39 is 23.8 Å². The molecule has 0 heterocycles. The predicted molar refractivity (Wildman–Crippen MR) is 55.7 cm³/mol. The maximum absolute atomic E-state index is 13.6. The molecular formula is C12H13FO3. The second-order valence-electron chi connectivity index (χ2n) is 3.85. The molecule has 0 spiro atoms. The Kier molecular flexibility index (Phi) is 2.58. The van der Waals surface area contributed by atoms with Crippen molar-refractivity contribution < 1.29 is 20.4 Å². The maximum Gasteiger partial charge on any atom is 0.340 e. The summed E-state index contributed by atoms with van der Waals surface area (Å²) < 4.78 is 26.1. The van der Waals surface area contributed by atoms with Crippen LogP contribution in [0.15, 0.2) is 18.2 Å². The predicted octanol–water partition coefficient (Wildman–Crippen LogP) is 1.85. The van der Waals surface area contributed by atoms with Gasteiger partial charge in [0.25, 0.3) is 0 Å². The number of hydrogen-bond donors (Lipinski definition) is 1. The Labute approximate surface area is 94.3 Å². The van der Waals surface area contributed by atoms with E-state index in [4.69, 9.17) is 1.37 Å². The fraction of sp³-hybridized carbons (Fsp3) is 0.417. The molecular weight excluding hydrogens is 211 g/mol. The first-order valence-electron chi connectivity index (χ1n) is 5.53. The molecule has 2 rings (SSSR count). The average Bonchev–Trinajstić information content (AvgIpc) is 2.26. The molecule has 0 aliphatic heterocycles. The van der Waals surface area contributed by atoms with Crippen LogP contribution in [0.5, 0.6) is 0 Å². The van der Waals surface area contributed by atoms with Crippen molar-refractivity contribution in [3.05, 3.63) is 35.1 Å². The molecule has 1 saturated carbocycles. The van der Waals surface area contributed by atoms with Crippen molar-refractivity contribution in [2.24, 2.45) is 0 Å². The van der Waals surface area contributed by atoms with Crippen molar-refractivity contribution in [3.63, 3.8) is 0 Å². The van der Waals surface area contributed by atoms with E-state index in [0.717, 1.165) is 0 Å². The fourth-order valence-corrected chi connectivity index (χ4v) is 1.76. The number of benzene rings is 1. The van der Waals surface area contributed by atoms with Gasteiger partial charge in [-0.2, -0.15) is 0 Å². The zero-order valence-corrected chi connectivity index (χ0v) is 8.87. The zero-order chi connectivity index (χ0) is 12.6. The van der Waals surface area contributed by atoms with E-state index in [1.54, 1.807) is 0 Å². The van der Waals surface area contributed by atoms with Crippen LogP contribution >= 0.6 is 0 Å². The molecule has 1 aromatic rings. The summed E-state index contributed by atoms with van der Waals surface area (Å²) in [7, 11) is 1.18. The van der Waals surface area contributed by atoms with Crippen LogP contribution in [0.4, 0.5) is 4.39 Å². The lowest BCUT2D eigenvalue weighted by molar-refractivity contribution is 0.0594. The van der Waals surface area contributed by atoms with Crippen molar-refractivity contribution in [2.75, 3.05) is 7.11 Å². The molecule has 1 fully saturated rings. The number of aliphatic hydroxyl groups excluding tert-OH is 1. The highest BCUT2D eigenvalue weighted by Crippen LogP contribution is 2.37. The molecule has 1 aromatic carbocycles. The number of rotatable bonds is 2. The highest BCUT2D eigenvalue weighted by atomic mass is 19.1. The van der Waals surface area contributed by atoms with Gasteiger partial charge in [0, 0.05) is 1.37 Å². The van der Waals surface area contributed by atoms with Crippen LogP contribution in [0.1, 0.15) is 36.0 Å². The first kappa shape index (κ1) is 9.78. The van der Waals surface area contributed by atoms with Gasteiger partial charge in [0.05, 0.1) is 18.8 Å². The minimum atomic E-state index is -0.936. The van der Waals surface area contributed by atoms with Crippen LogP contribution in [-0.4, -0.2) is 24.3 Å². The molecule has 0 saturated heterocycles. The molecule has 0 bridgehead atoms. The second-order valence-corrected chi connectivity index (χ2v) is 3.85. The van der Waals surface area contributed by atoms with Crippen LogP contribution in [-0.2, 0) is 4.74 Å². The third-order valence-corrected chi connectivity index (χ3v) is 2.75. The minimum absolute atomic E-state index is 0.139. The Morgan fingerprint density at radius 2 is 2.31 bits per heavy atom. The van der Waals surface area contributed by atoms with Gasteiger partial charge >= 0.3 is 5.97 Å². The van der Waals surface area contributed by atoms with Gasteiger partial charge in [-0.1, -0.05) is 6.07 Å². The number of aliphatic hydroxyl groups is 1. The van der Waals surface area contributed by atoms with E-state index >= 15 is 0 Å². The summed E-state index contributed by atoms with van der Waals surface area (Å²) in [6, 6.07) is 4.02. The van der Waals surface area contributed by atoms with Gasteiger partial charge in [-0.25, -0.2) is 9.18 Å². The number of methoxy groups -OCH3 is 1. The molecule has 1 aliphatic rings. The Morgan fingerprint density at radius 3 is 2.81 bits per heavy atom. The molecule has 0 aromatic heterocycles. The summed E-state index contributed by atoms with van der Waals surface area (Å²) in [5, 5.41) is 9.21. The minimum Gasteiger partial charge on any atom is -0.465 e. The SMILES string of the molecule is [2H]C1(c2ccc(C(=O)OC)c(F)c2)CC(O)C1. The van der Waals surface area contributed by atoms with Gasteiger partial charge in [0.15, 0.2) is 0 Å². The molecule has 0 amide bonds. The quantitative estimate of drug-likeness (QED) is 0.781. The number of carbonyl (C=O) groups excluding carboxylic acids is 1. The lowest BCUT2D eigenvalue weighted by Gasteiger charge is -2.31. The van der Waals surface area contributed by atoms with Crippen LogP contribution in [0, 0.1) is 5.82 Å². The van der Waals surface area contributed by atoms with Crippen molar-refractivity contribution in [1.82, 2.24) is 0 Å². The van der Waals surface area contributed by atoms with Gasteiger partial charge in [-0.05, 0) is 36.4 Å². The maximum atomic E-state index is 13.6. The van der Waals surface area contributed by atoms with E-state index in [2.05, 4.69) is 4.74 Å². The fourth-order valence-electron chi connectivity index (χ4n) is 1.76. The van der Waals surface area contributed by atoms with E-state index in [1.807, 2.05) is 0 Å². The van der Waals surface area contributed by atoms with Gasteiger partial charge in [-0.15, -0.1) is 0 Å². The number of halogens is 1. The van der Waals surface area contributed by atoms with Gasteiger partial charge in [0.2, 0.25) is 0 Å².